The van der Waals surface area contributed by atoms with Crippen LogP contribution in [0.2, 0.25) is 0 Å². The highest BCUT2D eigenvalue weighted by atomic mass is 79.9. The number of aliphatic hydroxyl groups is 1. The number of nitrogens with zero attached hydrogens (tertiary/aromatic N) is 1. The third kappa shape index (κ3) is 5.35. The van der Waals surface area contributed by atoms with Crippen molar-refractivity contribution in [2.45, 2.75) is 32.0 Å². The van der Waals surface area contributed by atoms with Gasteiger partial charge in [-0.15, -0.1) is 0 Å². The number of methoxy groups -OCH3 is 2. The van der Waals surface area contributed by atoms with E-state index in [0.717, 1.165) is 39.6 Å². The van der Waals surface area contributed by atoms with Gasteiger partial charge >= 0.3 is 11.9 Å². The van der Waals surface area contributed by atoms with Crippen LogP contribution in [-0.2, 0) is 32.2 Å². The van der Waals surface area contributed by atoms with Crippen LogP contribution in [0.15, 0.2) is 70.4 Å². The van der Waals surface area contributed by atoms with Gasteiger partial charge in [-0.2, -0.15) is 0 Å². The molecule has 1 aliphatic carbocycles. The lowest BCUT2D eigenvalue weighted by Crippen LogP contribution is -2.33. The van der Waals surface area contributed by atoms with Gasteiger partial charge in [0.05, 0.1) is 38.0 Å². The standard InChI is InChI=1S/C29H28BrNO7/c1-35-28(33)22-9-20(18-5-3-17(15-32)4-6-18)10-25(19-7-8-19)31(14-23(22)29(34)36-2)13-21-11-26-27(12-24(21)30)38-16-37-26/h3-6,9-12,14,19,25,32H,7-8,13,15-16H2,1-2H3. The summed E-state index contributed by atoms with van der Waals surface area (Å²) in [6, 6.07) is 11.2. The van der Waals surface area contributed by atoms with E-state index in [2.05, 4.69) is 26.9 Å². The minimum Gasteiger partial charge on any atom is -0.465 e. The first-order valence-electron chi connectivity index (χ1n) is 12.3. The molecule has 8 nitrogen and oxygen atoms in total. The van der Waals surface area contributed by atoms with Crippen molar-refractivity contribution in [3.8, 4) is 11.5 Å². The fraction of sp³-hybridized carbons (Fsp3) is 0.310. The summed E-state index contributed by atoms with van der Waals surface area (Å²) in [5.41, 5.74) is 3.55. The summed E-state index contributed by atoms with van der Waals surface area (Å²) in [6.45, 7) is 0.530. The fourth-order valence-electron chi connectivity index (χ4n) is 4.69. The van der Waals surface area contributed by atoms with Gasteiger partial charge in [0.2, 0.25) is 6.79 Å². The number of esters is 2. The molecule has 198 valence electrons. The number of hydrogen-bond donors (Lipinski definition) is 1. The number of rotatable bonds is 7. The number of ether oxygens (including phenoxy) is 4. The predicted molar refractivity (Wildman–Crippen MR) is 143 cm³/mol. The van der Waals surface area contributed by atoms with Gasteiger partial charge in [-0.05, 0) is 59.2 Å². The minimum atomic E-state index is -0.645. The molecule has 1 saturated carbocycles. The summed E-state index contributed by atoms with van der Waals surface area (Å²) < 4.78 is 22.1. The Balaban J connectivity index is 1.66. The maximum atomic E-state index is 13.0. The first-order chi connectivity index (χ1) is 18.4. The predicted octanol–water partition coefficient (Wildman–Crippen LogP) is 4.50. The van der Waals surface area contributed by atoms with Gasteiger partial charge < -0.3 is 29.0 Å². The third-order valence-corrected chi connectivity index (χ3v) is 7.64. The molecule has 0 spiro atoms. The zero-order chi connectivity index (χ0) is 26.8. The molecule has 2 aliphatic heterocycles. The fourth-order valence-corrected chi connectivity index (χ4v) is 5.14. The number of aliphatic hydroxyl groups excluding tert-OH is 1. The number of benzene rings is 2. The monoisotopic (exact) mass is 581 g/mol. The molecule has 0 amide bonds. The summed E-state index contributed by atoms with van der Waals surface area (Å²) in [5, 5.41) is 9.50. The molecule has 1 unspecified atom stereocenters. The summed E-state index contributed by atoms with van der Waals surface area (Å²) in [4.78, 5) is 28.1. The minimum absolute atomic E-state index is 0.0602. The highest BCUT2D eigenvalue weighted by Crippen LogP contribution is 2.42. The molecule has 0 radical (unpaired) electrons. The van der Waals surface area contributed by atoms with Crippen LogP contribution in [0.25, 0.3) is 5.57 Å². The van der Waals surface area contributed by atoms with E-state index >= 15 is 0 Å². The van der Waals surface area contributed by atoms with Gasteiger partial charge in [0.25, 0.3) is 0 Å². The van der Waals surface area contributed by atoms with Crippen molar-refractivity contribution in [1.29, 1.82) is 0 Å². The molecule has 1 atom stereocenters. The average molecular weight is 582 g/mol. The molecule has 0 saturated heterocycles. The van der Waals surface area contributed by atoms with E-state index < -0.39 is 11.9 Å². The van der Waals surface area contributed by atoms with E-state index in [1.165, 1.54) is 14.2 Å². The second-order valence-electron chi connectivity index (χ2n) is 9.36. The van der Waals surface area contributed by atoms with Crippen molar-refractivity contribution in [3.63, 3.8) is 0 Å². The Bertz CT molecular complexity index is 1340. The van der Waals surface area contributed by atoms with Gasteiger partial charge in [-0.1, -0.05) is 46.3 Å². The van der Waals surface area contributed by atoms with Crippen LogP contribution >= 0.6 is 15.9 Å². The topological polar surface area (TPSA) is 94.5 Å². The average Bonchev–Trinajstić information content (AvgIpc) is 3.67. The number of hydrogen-bond acceptors (Lipinski definition) is 8. The quantitative estimate of drug-likeness (QED) is 0.477. The highest BCUT2D eigenvalue weighted by molar-refractivity contribution is 9.10. The second kappa shape index (κ2) is 11.0. The normalized spacial score (nSPS) is 18.6. The van der Waals surface area contributed by atoms with Crippen molar-refractivity contribution >= 4 is 33.4 Å². The maximum Gasteiger partial charge on any atom is 0.340 e. The second-order valence-corrected chi connectivity index (χ2v) is 10.2. The van der Waals surface area contributed by atoms with Gasteiger partial charge in [-0.3, -0.25) is 0 Å². The zero-order valence-electron chi connectivity index (χ0n) is 21.1. The third-order valence-electron chi connectivity index (χ3n) is 6.90. The van der Waals surface area contributed by atoms with E-state index in [4.69, 9.17) is 18.9 Å². The SMILES string of the molecule is COC(=O)C1=CC(c2ccc(CO)cc2)=CC(C2CC2)N(Cc2cc3c(cc2Br)OCO3)C=C1C(=O)OC. The molecular formula is C29H28BrNO7. The molecule has 1 fully saturated rings. The van der Waals surface area contributed by atoms with Crippen LogP contribution in [0.1, 0.15) is 29.5 Å². The highest BCUT2D eigenvalue weighted by Gasteiger charge is 2.36. The lowest BCUT2D eigenvalue weighted by molar-refractivity contribution is -0.139. The zero-order valence-corrected chi connectivity index (χ0v) is 22.7. The Hall–Kier alpha value is -3.56. The van der Waals surface area contributed by atoms with Crippen LogP contribution in [-0.4, -0.2) is 49.0 Å². The summed E-state index contributed by atoms with van der Waals surface area (Å²) in [6.07, 6.45) is 7.62. The van der Waals surface area contributed by atoms with Gasteiger partial charge in [-0.25, -0.2) is 9.59 Å². The molecule has 3 aliphatic rings. The number of carbonyl (C=O) groups excluding carboxylic acids is 2. The van der Waals surface area contributed by atoms with Gasteiger partial charge in [0, 0.05) is 17.2 Å². The van der Waals surface area contributed by atoms with Crippen molar-refractivity contribution in [1.82, 2.24) is 4.90 Å². The first kappa shape index (κ1) is 26.1. The van der Waals surface area contributed by atoms with E-state index in [9.17, 15) is 14.7 Å². The van der Waals surface area contributed by atoms with Crippen molar-refractivity contribution < 1.29 is 33.6 Å². The van der Waals surface area contributed by atoms with Gasteiger partial charge in [0.15, 0.2) is 11.5 Å². The number of halogens is 1. The lowest BCUT2D eigenvalue weighted by Gasteiger charge is -2.32. The lowest BCUT2D eigenvalue weighted by atomic mass is 9.93. The largest absolute Gasteiger partial charge is 0.465 e. The molecule has 9 heteroatoms. The molecule has 0 aromatic heterocycles. The Kier molecular flexibility index (Phi) is 7.58. The molecule has 2 aromatic carbocycles. The van der Waals surface area contributed by atoms with Crippen molar-refractivity contribution in [2.75, 3.05) is 21.0 Å². The van der Waals surface area contributed by atoms with E-state index in [1.54, 1.807) is 12.3 Å². The van der Waals surface area contributed by atoms with Crippen molar-refractivity contribution in [3.05, 3.63) is 87.1 Å². The maximum absolute atomic E-state index is 13.0. The number of allylic oxidation sites excluding steroid dienone is 2. The Labute approximate surface area is 229 Å². The molecule has 2 aromatic rings. The van der Waals surface area contributed by atoms with Crippen LogP contribution in [0.4, 0.5) is 0 Å². The van der Waals surface area contributed by atoms with E-state index in [0.29, 0.717) is 24.0 Å². The first-order valence-corrected chi connectivity index (χ1v) is 13.1. The van der Waals surface area contributed by atoms with E-state index in [-0.39, 0.29) is 30.6 Å². The van der Waals surface area contributed by atoms with Crippen LogP contribution in [0.5, 0.6) is 11.5 Å². The molecular weight excluding hydrogens is 554 g/mol. The van der Waals surface area contributed by atoms with E-state index in [1.807, 2.05) is 36.4 Å². The molecule has 0 bridgehead atoms. The summed E-state index contributed by atoms with van der Waals surface area (Å²) in [7, 11) is 2.57. The van der Waals surface area contributed by atoms with Gasteiger partial charge in [0.1, 0.15) is 0 Å². The molecule has 38 heavy (non-hydrogen) atoms. The van der Waals surface area contributed by atoms with Crippen molar-refractivity contribution in [2.24, 2.45) is 5.92 Å². The Morgan fingerprint density at radius 1 is 1.03 bits per heavy atom. The molecule has 1 N–H and O–H groups in total. The van der Waals surface area contributed by atoms with Crippen LogP contribution < -0.4 is 9.47 Å². The number of carbonyl (C=O) groups is 2. The Morgan fingerprint density at radius 3 is 2.32 bits per heavy atom. The summed E-state index contributed by atoms with van der Waals surface area (Å²) >= 11 is 3.65. The van der Waals surface area contributed by atoms with Crippen LogP contribution in [0, 0.1) is 5.92 Å². The number of fused-ring (bicyclic) bond motifs is 1. The smallest absolute Gasteiger partial charge is 0.340 e. The summed E-state index contributed by atoms with van der Waals surface area (Å²) in [5.74, 6) is 0.419. The molecule has 2 heterocycles. The Morgan fingerprint density at radius 2 is 1.68 bits per heavy atom. The van der Waals surface area contributed by atoms with Crippen LogP contribution in [0.3, 0.4) is 0 Å². The molecule has 5 rings (SSSR count).